The second-order valence-electron chi connectivity index (χ2n) is 4.51. The third kappa shape index (κ3) is 2.59. The summed E-state index contributed by atoms with van der Waals surface area (Å²) >= 11 is 0. The highest BCUT2D eigenvalue weighted by Crippen LogP contribution is 2.20. The molecule has 0 atom stereocenters. The van der Waals surface area contributed by atoms with Gasteiger partial charge in [-0.05, 0) is 30.7 Å². The summed E-state index contributed by atoms with van der Waals surface area (Å²) in [4.78, 5) is 20.5. The molecule has 0 spiro atoms. The Hall–Kier alpha value is -2.30. The van der Waals surface area contributed by atoms with Crippen molar-refractivity contribution in [3.05, 3.63) is 40.2 Å². The highest BCUT2D eigenvalue weighted by molar-refractivity contribution is 5.60. The Morgan fingerprint density at radius 2 is 1.89 bits per heavy atom. The predicted molar refractivity (Wildman–Crippen MR) is 75.7 cm³/mol. The second-order valence-corrected chi connectivity index (χ2v) is 4.51. The molecule has 0 aliphatic carbocycles. The Morgan fingerprint density at radius 1 is 1.26 bits per heavy atom. The fraction of sp³-hybridized carbons (Fsp3) is 0.286. The normalized spacial score (nSPS) is 10.5. The number of hydrogen-bond donors (Lipinski definition) is 2. The Balaban J connectivity index is 2.45. The highest BCUT2D eigenvalue weighted by atomic mass is 16.3. The minimum Gasteiger partial charge on any atom is -0.493 e. The molecule has 0 unspecified atom stereocenters. The molecule has 5 nitrogen and oxygen atoms in total. The van der Waals surface area contributed by atoms with Crippen molar-refractivity contribution in [3.63, 3.8) is 0 Å². The highest BCUT2D eigenvalue weighted by Gasteiger charge is 2.10. The summed E-state index contributed by atoms with van der Waals surface area (Å²) in [5, 5.41) is 9.74. The molecule has 0 saturated heterocycles. The van der Waals surface area contributed by atoms with Gasteiger partial charge in [-0.3, -0.25) is 4.79 Å². The van der Waals surface area contributed by atoms with E-state index in [1.165, 1.54) is 0 Å². The predicted octanol–water partition coefficient (Wildman–Crippen LogP) is 1.77. The van der Waals surface area contributed by atoms with E-state index in [9.17, 15) is 9.90 Å². The van der Waals surface area contributed by atoms with E-state index in [0.29, 0.717) is 17.8 Å². The van der Waals surface area contributed by atoms with Crippen LogP contribution in [0.2, 0.25) is 0 Å². The third-order valence-electron chi connectivity index (χ3n) is 3.00. The van der Waals surface area contributed by atoms with Gasteiger partial charge in [0.15, 0.2) is 0 Å². The first-order valence-corrected chi connectivity index (χ1v) is 6.13. The Morgan fingerprint density at radius 3 is 2.37 bits per heavy atom. The minimum atomic E-state index is -0.290. The van der Waals surface area contributed by atoms with Crippen LogP contribution in [0, 0.1) is 0 Å². The summed E-state index contributed by atoms with van der Waals surface area (Å²) in [5.74, 6) is 0.183. The lowest BCUT2D eigenvalue weighted by molar-refractivity contribution is 0.444. The lowest BCUT2D eigenvalue weighted by Gasteiger charge is -2.12. The first-order chi connectivity index (χ1) is 9.02. The van der Waals surface area contributed by atoms with Gasteiger partial charge in [0.05, 0.1) is 5.56 Å². The molecule has 0 saturated carbocycles. The van der Waals surface area contributed by atoms with Crippen LogP contribution < -0.4 is 10.5 Å². The lowest BCUT2D eigenvalue weighted by Crippen LogP contribution is -2.14. The zero-order chi connectivity index (χ0) is 14.0. The van der Waals surface area contributed by atoms with Gasteiger partial charge in [-0.25, -0.2) is 0 Å². The number of rotatable bonds is 3. The molecular weight excluding hydrogens is 242 g/mol. The van der Waals surface area contributed by atoms with Crippen LogP contribution in [0.3, 0.4) is 0 Å². The molecule has 100 valence electrons. The summed E-state index contributed by atoms with van der Waals surface area (Å²) in [7, 11) is 3.91. The zero-order valence-corrected chi connectivity index (χ0v) is 11.3. The average molecular weight is 259 g/mol. The maximum Gasteiger partial charge on any atom is 0.258 e. The summed E-state index contributed by atoms with van der Waals surface area (Å²) in [6, 6.07) is 7.58. The van der Waals surface area contributed by atoms with E-state index in [1.807, 2.05) is 43.3 Å². The van der Waals surface area contributed by atoms with Crippen molar-refractivity contribution < 1.29 is 5.11 Å². The van der Waals surface area contributed by atoms with E-state index in [0.717, 1.165) is 11.3 Å². The lowest BCUT2D eigenvalue weighted by atomic mass is 10.1. The topological polar surface area (TPSA) is 69.2 Å². The van der Waals surface area contributed by atoms with Gasteiger partial charge in [0.2, 0.25) is 5.88 Å². The number of hydrogen-bond acceptors (Lipinski definition) is 4. The largest absolute Gasteiger partial charge is 0.493 e. The van der Waals surface area contributed by atoms with Crippen LogP contribution in [-0.2, 0) is 6.42 Å². The van der Waals surface area contributed by atoms with Gasteiger partial charge >= 0.3 is 0 Å². The summed E-state index contributed by atoms with van der Waals surface area (Å²) < 4.78 is 0. The molecule has 1 aromatic heterocycles. The van der Waals surface area contributed by atoms with Crippen LogP contribution in [0.25, 0.3) is 11.4 Å². The van der Waals surface area contributed by atoms with E-state index in [1.54, 1.807) is 6.92 Å². The molecule has 0 aliphatic rings. The maximum atomic E-state index is 11.8. The van der Waals surface area contributed by atoms with Crippen molar-refractivity contribution in [1.29, 1.82) is 0 Å². The molecule has 0 bridgehead atoms. The summed E-state index contributed by atoms with van der Waals surface area (Å²) in [5.41, 5.74) is 1.84. The SMILES string of the molecule is CCc1c(O)nc(-c2ccc(N(C)C)cc2)[nH]c1=O. The van der Waals surface area contributed by atoms with Crippen LogP contribution in [0.5, 0.6) is 5.88 Å². The van der Waals surface area contributed by atoms with Crippen LogP contribution in [0.1, 0.15) is 12.5 Å². The molecule has 2 aromatic rings. The summed E-state index contributed by atoms with van der Waals surface area (Å²) in [6.07, 6.45) is 0.452. The molecule has 5 heteroatoms. The van der Waals surface area contributed by atoms with Gasteiger partial charge < -0.3 is 15.0 Å². The van der Waals surface area contributed by atoms with Crippen LogP contribution >= 0.6 is 0 Å². The molecule has 2 rings (SSSR count). The maximum absolute atomic E-state index is 11.8. The molecule has 0 aliphatic heterocycles. The van der Waals surface area contributed by atoms with Crippen molar-refractivity contribution >= 4 is 5.69 Å². The molecule has 2 N–H and O–H groups in total. The van der Waals surface area contributed by atoms with Crippen molar-refractivity contribution in [3.8, 4) is 17.3 Å². The van der Waals surface area contributed by atoms with Gasteiger partial charge in [-0.1, -0.05) is 6.92 Å². The molecule has 0 radical (unpaired) electrons. The van der Waals surface area contributed by atoms with Crippen molar-refractivity contribution in [2.75, 3.05) is 19.0 Å². The average Bonchev–Trinajstić information content (AvgIpc) is 2.38. The molecule has 0 fully saturated rings. The van der Waals surface area contributed by atoms with E-state index >= 15 is 0 Å². The number of nitrogens with one attached hydrogen (secondary N) is 1. The summed E-state index contributed by atoms with van der Waals surface area (Å²) in [6.45, 7) is 1.80. The fourth-order valence-corrected chi connectivity index (χ4v) is 1.86. The van der Waals surface area contributed by atoms with E-state index < -0.39 is 0 Å². The first kappa shape index (κ1) is 13.1. The first-order valence-electron chi connectivity index (χ1n) is 6.13. The fourth-order valence-electron chi connectivity index (χ4n) is 1.86. The van der Waals surface area contributed by atoms with Gasteiger partial charge in [0.1, 0.15) is 5.82 Å². The third-order valence-corrected chi connectivity index (χ3v) is 3.00. The number of aromatic nitrogens is 2. The molecule has 19 heavy (non-hydrogen) atoms. The smallest absolute Gasteiger partial charge is 0.258 e. The van der Waals surface area contributed by atoms with Crippen LogP contribution in [0.4, 0.5) is 5.69 Å². The van der Waals surface area contributed by atoms with Crippen molar-refractivity contribution in [2.24, 2.45) is 0 Å². The number of H-pyrrole nitrogens is 1. The van der Waals surface area contributed by atoms with Crippen LogP contribution in [-0.4, -0.2) is 29.2 Å². The van der Waals surface area contributed by atoms with Crippen LogP contribution in [0.15, 0.2) is 29.1 Å². The number of aromatic hydroxyl groups is 1. The molecule has 0 amide bonds. The molecule has 1 aromatic carbocycles. The Labute approximate surface area is 111 Å². The zero-order valence-electron chi connectivity index (χ0n) is 11.3. The van der Waals surface area contributed by atoms with Gasteiger partial charge in [0.25, 0.3) is 5.56 Å². The quantitative estimate of drug-likeness (QED) is 0.881. The monoisotopic (exact) mass is 259 g/mol. The Kier molecular flexibility index (Phi) is 3.55. The number of aromatic amines is 1. The van der Waals surface area contributed by atoms with E-state index in [-0.39, 0.29) is 11.4 Å². The van der Waals surface area contributed by atoms with E-state index in [2.05, 4.69) is 9.97 Å². The number of anilines is 1. The molecule has 1 heterocycles. The van der Waals surface area contributed by atoms with Crippen molar-refractivity contribution in [2.45, 2.75) is 13.3 Å². The van der Waals surface area contributed by atoms with Gasteiger partial charge in [-0.2, -0.15) is 4.98 Å². The number of nitrogens with zero attached hydrogens (tertiary/aromatic N) is 2. The minimum absolute atomic E-state index is 0.196. The van der Waals surface area contributed by atoms with Crippen molar-refractivity contribution in [1.82, 2.24) is 9.97 Å². The Bertz CT molecular complexity index is 630. The standard InChI is InChI=1S/C14H17N3O2/c1-4-11-13(18)15-12(16-14(11)19)9-5-7-10(8-6-9)17(2)3/h5-8H,4H2,1-3H3,(H2,15,16,18,19). The number of benzene rings is 1. The molecular formula is C14H17N3O2. The van der Waals surface area contributed by atoms with E-state index in [4.69, 9.17) is 0 Å². The van der Waals surface area contributed by atoms with Gasteiger partial charge in [0, 0.05) is 25.3 Å². The second kappa shape index (κ2) is 5.14. The van der Waals surface area contributed by atoms with Gasteiger partial charge in [-0.15, -0.1) is 0 Å².